The minimum Gasteiger partial charge on any atom is -0.404 e. The van der Waals surface area contributed by atoms with Crippen LogP contribution in [0.25, 0.3) is 5.57 Å². The summed E-state index contributed by atoms with van der Waals surface area (Å²) in [7, 11) is 1.78. The number of allylic oxidation sites excluding steroid dienone is 1. The summed E-state index contributed by atoms with van der Waals surface area (Å²) < 4.78 is 0. The van der Waals surface area contributed by atoms with Gasteiger partial charge in [-0.1, -0.05) is 49.8 Å². The number of hydrogen-bond donors (Lipinski definition) is 1. The Labute approximate surface area is 183 Å². The highest BCUT2D eigenvalue weighted by Gasteiger charge is 2.39. The average Bonchev–Trinajstić information content (AvgIpc) is 3.32. The maximum absolute atomic E-state index is 12.9. The number of benzene rings is 1. The highest BCUT2D eigenvalue weighted by atomic mass is 16.2. The molecule has 2 N–H and O–H groups in total. The highest BCUT2D eigenvalue weighted by Crippen LogP contribution is 2.39. The van der Waals surface area contributed by atoms with Crippen molar-refractivity contribution in [3.05, 3.63) is 66.9 Å². The van der Waals surface area contributed by atoms with Crippen molar-refractivity contribution < 1.29 is 4.79 Å². The van der Waals surface area contributed by atoms with Gasteiger partial charge in [-0.2, -0.15) is 0 Å². The van der Waals surface area contributed by atoms with Gasteiger partial charge in [-0.05, 0) is 19.8 Å². The maximum atomic E-state index is 12.9. The number of aliphatic imine (C=N–C) groups is 1. The second-order valence-corrected chi connectivity index (χ2v) is 7.93. The molecule has 0 unspecified atom stereocenters. The van der Waals surface area contributed by atoms with Gasteiger partial charge in [-0.15, -0.1) is 0 Å². The molecule has 0 spiro atoms. The van der Waals surface area contributed by atoms with Crippen LogP contribution in [-0.4, -0.2) is 40.7 Å². The number of rotatable bonds is 5. The number of hydrogen-bond acceptors (Lipinski definition) is 6. The predicted octanol–water partition coefficient (Wildman–Crippen LogP) is 3.52. The Bertz CT molecular complexity index is 1040. The molecule has 31 heavy (non-hydrogen) atoms. The standard InChI is InChI=1S/C24H28N6O/c1-4-26-21(17-10-6-5-7-11-17)19(14-25)22-27-15-20-23(28-22)30(18-12-8-9-13-18)16(2)24(31)29(20)3/h4-7,10-11,14-16,18H,1,8-9,12-13,25H2,2-3H3/b19-14+,26-21?/t16-/m1/s1. The summed E-state index contributed by atoms with van der Waals surface area (Å²) in [6.07, 6.45) is 9.15. The Morgan fingerprint density at radius 3 is 2.61 bits per heavy atom. The molecular weight excluding hydrogens is 388 g/mol. The number of nitrogens with two attached hydrogens (primary N) is 1. The first-order chi connectivity index (χ1) is 15.1. The Hall–Kier alpha value is -3.48. The van der Waals surface area contributed by atoms with Gasteiger partial charge >= 0.3 is 0 Å². The maximum Gasteiger partial charge on any atom is 0.249 e. The topological polar surface area (TPSA) is 87.7 Å². The molecule has 1 saturated carbocycles. The molecule has 2 aliphatic rings. The van der Waals surface area contributed by atoms with Crippen LogP contribution in [-0.2, 0) is 4.79 Å². The molecule has 2 aromatic rings. The highest BCUT2D eigenvalue weighted by molar-refractivity contribution is 6.31. The molecule has 1 amide bonds. The van der Waals surface area contributed by atoms with E-state index in [-0.39, 0.29) is 11.9 Å². The molecule has 1 aliphatic heterocycles. The number of likely N-dealkylation sites (N-methyl/N-ethyl adjacent to an activating group) is 1. The van der Waals surface area contributed by atoms with Gasteiger partial charge in [-0.3, -0.25) is 9.79 Å². The van der Waals surface area contributed by atoms with E-state index in [4.69, 9.17) is 10.7 Å². The largest absolute Gasteiger partial charge is 0.404 e. The normalized spacial score (nSPS) is 20.2. The molecule has 2 heterocycles. The van der Waals surface area contributed by atoms with Gasteiger partial charge in [0.25, 0.3) is 0 Å². The smallest absolute Gasteiger partial charge is 0.249 e. The van der Waals surface area contributed by atoms with E-state index in [0.29, 0.717) is 23.2 Å². The fourth-order valence-electron chi connectivity index (χ4n) is 4.54. The number of amides is 1. The molecule has 7 nitrogen and oxygen atoms in total. The lowest BCUT2D eigenvalue weighted by atomic mass is 10.0. The molecule has 0 radical (unpaired) electrons. The van der Waals surface area contributed by atoms with Gasteiger partial charge in [0.05, 0.1) is 17.5 Å². The van der Waals surface area contributed by atoms with Crippen molar-refractivity contribution in [1.29, 1.82) is 0 Å². The summed E-state index contributed by atoms with van der Waals surface area (Å²) in [5.41, 5.74) is 8.93. The Morgan fingerprint density at radius 2 is 1.97 bits per heavy atom. The lowest BCUT2D eigenvalue weighted by molar-refractivity contribution is -0.119. The van der Waals surface area contributed by atoms with Gasteiger partial charge in [0.2, 0.25) is 5.91 Å². The molecule has 1 fully saturated rings. The molecule has 160 valence electrons. The van der Waals surface area contributed by atoms with Crippen molar-refractivity contribution in [2.24, 2.45) is 10.7 Å². The van der Waals surface area contributed by atoms with Crippen LogP contribution in [0.15, 0.2) is 60.5 Å². The van der Waals surface area contributed by atoms with Crippen LogP contribution in [0.5, 0.6) is 0 Å². The third kappa shape index (κ3) is 3.71. The second kappa shape index (κ2) is 8.71. The fraction of sp³-hybridized carbons (Fsp3) is 0.333. The second-order valence-electron chi connectivity index (χ2n) is 7.93. The van der Waals surface area contributed by atoms with Gasteiger partial charge in [0, 0.05) is 31.1 Å². The van der Waals surface area contributed by atoms with Crippen molar-refractivity contribution in [2.45, 2.75) is 44.7 Å². The first-order valence-corrected chi connectivity index (χ1v) is 10.7. The van der Waals surface area contributed by atoms with Crippen molar-refractivity contribution in [1.82, 2.24) is 9.97 Å². The van der Waals surface area contributed by atoms with Crippen molar-refractivity contribution in [3.63, 3.8) is 0 Å². The number of carbonyl (C=O) groups excluding carboxylic acids is 1. The molecular formula is C24H28N6O. The monoisotopic (exact) mass is 416 g/mol. The summed E-state index contributed by atoms with van der Waals surface area (Å²) in [5, 5.41) is 0. The summed E-state index contributed by atoms with van der Waals surface area (Å²) in [6.45, 7) is 5.70. The van der Waals surface area contributed by atoms with E-state index in [1.54, 1.807) is 18.1 Å². The number of carbonyl (C=O) groups is 1. The van der Waals surface area contributed by atoms with Crippen LogP contribution < -0.4 is 15.5 Å². The van der Waals surface area contributed by atoms with E-state index in [1.165, 1.54) is 25.2 Å². The zero-order valence-corrected chi connectivity index (χ0v) is 18.0. The lowest BCUT2D eigenvalue weighted by Crippen LogP contribution is -2.54. The molecule has 1 aromatic carbocycles. The predicted molar refractivity (Wildman–Crippen MR) is 125 cm³/mol. The minimum atomic E-state index is -0.274. The zero-order chi connectivity index (χ0) is 22.0. The third-order valence-corrected chi connectivity index (χ3v) is 6.11. The SMILES string of the molecule is C=CN=C(/C(=C\N)c1ncc2c(n1)N(C1CCCC1)[C@H](C)C(=O)N2C)c1ccccc1. The van der Waals surface area contributed by atoms with Crippen molar-refractivity contribution >= 4 is 28.7 Å². The van der Waals surface area contributed by atoms with E-state index in [1.807, 2.05) is 37.3 Å². The molecule has 1 aliphatic carbocycles. The summed E-state index contributed by atoms with van der Waals surface area (Å²) in [4.78, 5) is 30.7. The molecule has 7 heteroatoms. The van der Waals surface area contributed by atoms with Crippen LogP contribution in [0.3, 0.4) is 0 Å². The van der Waals surface area contributed by atoms with E-state index >= 15 is 0 Å². The van der Waals surface area contributed by atoms with E-state index in [0.717, 1.165) is 29.9 Å². The van der Waals surface area contributed by atoms with E-state index in [9.17, 15) is 4.79 Å². The fourth-order valence-corrected chi connectivity index (χ4v) is 4.54. The van der Waals surface area contributed by atoms with Crippen molar-refractivity contribution in [3.8, 4) is 0 Å². The molecule has 0 saturated heterocycles. The number of aromatic nitrogens is 2. The van der Waals surface area contributed by atoms with Crippen LogP contribution in [0.4, 0.5) is 11.5 Å². The summed E-state index contributed by atoms with van der Waals surface area (Å²) >= 11 is 0. The molecule has 1 atom stereocenters. The summed E-state index contributed by atoms with van der Waals surface area (Å²) in [5.74, 6) is 1.31. The Morgan fingerprint density at radius 1 is 1.26 bits per heavy atom. The Kier molecular flexibility index (Phi) is 5.84. The Balaban J connectivity index is 1.83. The van der Waals surface area contributed by atoms with Crippen LogP contribution >= 0.6 is 0 Å². The number of anilines is 2. The first-order valence-electron chi connectivity index (χ1n) is 10.7. The minimum absolute atomic E-state index is 0.0588. The zero-order valence-electron chi connectivity index (χ0n) is 18.0. The van der Waals surface area contributed by atoms with Gasteiger partial charge in [0.15, 0.2) is 11.6 Å². The average molecular weight is 417 g/mol. The van der Waals surface area contributed by atoms with Crippen LogP contribution in [0.2, 0.25) is 0 Å². The molecule has 0 bridgehead atoms. The van der Waals surface area contributed by atoms with Crippen LogP contribution in [0, 0.1) is 0 Å². The van der Waals surface area contributed by atoms with Gasteiger partial charge in [-0.25, -0.2) is 9.97 Å². The van der Waals surface area contributed by atoms with Gasteiger partial charge < -0.3 is 15.5 Å². The van der Waals surface area contributed by atoms with Crippen LogP contribution in [0.1, 0.15) is 44.0 Å². The van der Waals surface area contributed by atoms with E-state index in [2.05, 4.69) is 21.5 Å². The molecule has 4 rings (SSSR count). The number of fused-ring (bicyclic) bond motifs is 1. The van der Waals surface area contributed by atoms with Crippen molar-refractivity contribution in [2.75, 3.05) is 16.8 Å². The van der Waals surface area contributed by atoms with Gasteiger partial charge in [0.1, 0.15) is 11.7 Å². The third-order valence-electron chi connectivity index (χ3n) is 6.11. The molecule has 1 aromatic heterocycles. The quantitative estimate of drug-likeness (QED) is 0.754. The summed E-state index contributed by atoms with van der Waals surface area (Å²) in [6, 6.07) is 9.79. The lowest BCUT2D eigenvalue weighted by Gasteiger charge is -2.42. The van der Waals surface area contributed by atoms with E-state index < -0.39 is 0 Å². The number of nitrogens with zero attached hydrogens (tertiary/aromatic N) is 5. The first kappa shape index (κ1) is 20.8.